The minimum atomic E-state index is -4.60. The van der Waals surface area contributed by atoms with Crippen molar-refractivity contribution in [2.75, 3.05) is 5.75 Å². The van der Waals surface area contributed by atoms with Crippen LogP contribution in [0, 0.1) is 11.3 Å². The van der Waals surface area contributed by atoms with Crippen LogP contribution in [0.15, 0.2) is 58.9 Å². The van der Waals surface area contributed by atoms with Crippen LogP contribution >= 0.6 is 23.1 Å². The van der Waals surface area contributed by atoms with E-state index in [2.05, 4.69) is 4.98 Å². The molecular weight excluding hydrogens is 377 g/mol. The summed E-state index contributed by atoms with van der Waals surface area (Å²) < 4.78 is 40.3. The number of aromatic nitrogens is 1. The van der Waals surface area contributed by atoms with Crippen molar-refractivity contribution in [1.29, 1.82) is 5.26 Å². The maximum absolute atomic E-state index is 13.4. The summed E-state index contributed by atoms with van der Waals surface area (Å²) in [5, 5.41) is 11.2. The van der Waals surface area contributed by atoms with E-state index >= 15 is 0 Å². The first-order valence-electron chi connectivity index (χ1n) is 7.72. The monoisotopic (exact) mass is 390 g/mol. The van der Waals surface area contributed by atoms with Crippen molar-refractivity contribution >= 4 is 23.1 Å². The van der Waals surface area contributed by atoms with Gasteiger partial charge in [0.2, 0.25) is 0 Å². The lowest BCUT2D eigenvalue weighted by atomic mass is 10.1. The van der Waals surface area contributed by atoms with Crippen LogP contribution in [0.4, 0.5) is 13.2 Å². The maximum Gasteiger partial charge on any atom is 0.417 e. The molecule has 26 heavy (non-hydrogen) atoms. The summed E-state index contributed by atoms with van der Waals surface area (Å²) in [6, 6.07) is 15.8. The third-order valence-electron chi connectivity index (χ3n) is 3.65. The molecule has 0 saturated carbocycles. The summed E-state index contributed by atoms with van der Waals surface area (Å²) in [6.45, 7) is 0. The molecule has 0 radical (unpaired) electrons. The SMILES string of the molecule is N#Cc1c(C(F)(F)F)cc(-c2cccs2)nc1SCCc1ccccc1. The molecule has 0 fully saturated rings. The molecule has 0 saturated heterocycles. The first-order valence-corrected chi connectivity index (χ1v) is 9.58. The van der Waals surface area contributed by atoms with Crippen LogP contribution in [0.1, 0.15) is 16.7 Å². The Bertz CT molecular complexity index is 914. The van der Waals surface area contributed by atoms with Gasteiger partial charge in [0.05, 0.1) is 21.7 Å². The number of benzene rings is 1. The second-order valence-corrected chi connectivity index (χ2v) is 7.44. The highest BCUT2D eigenvalue weighted by Crippen LogP contribution is 2.38. The zero-order valence-corrected chi connectivity index (χ0v) is 15.1. The molecule has 7 heteroatoms. The predicted molar refractivity (Wildman–Crippen MR) is 98.1 cm³/mol. The molecule has 0 atom stereocenters. The Balaban J connectivity index is 1.94. The average Bonchev–Trinajstić information content (AvgIpc) is 3.16. The Kier molecular flexibility index (Phi) is 5.64. The van der Waals surface area contributed by atoms with Crippen molar-refractivity contribution in [3.8, 4) is 16.6 Å². The summed E-state index contributed by atoms with van der Waals surface area (Å²) in [5.74, 6) is 0.539. The Morgan fingerprint density at radius 3 is 2.50 bits per heavy atom. The van der Waals surface area contributed by atoms with Gasteiger partial charge in [-0.15, -0.1) is 23.1 Å². The fraction of sp³-hybridized carbons (Fsp3) is 0.158. The highest BCUT2D eigenvalue weighted by atomic mass is 32.2. The van der Waals surface area contributed by atoms with E-state index in [1.165, 1.54) is 23.1 Å². The van der Waals surface area contributed by atoms with E-state index in [-0.39, 0.29) is 10.7 Å². The first kappa shape index (κ1) is 18.5. The smallest absolute Gasteiger partial charge is 0.239 e. The highest BCUT2D eigenvalue weighted by Gasteiger charge is 2.36. The van der Waals surface area contributed by atoms with E-state index in [1.807, 2.05) is 30.3 Å². The molecule has 3 rings (SSSR count). The van der Waals surface area contributed by atoms with Crippen LogP contribution in [-0.2, 0) is 12.6 Å². The molecule has 0 aliphatic carbocycles. The van der Waals surface area contributed by atoms with E-state index in [4.69, 9.17) is 0 Å². The van der Waals surface area contributed by atoms with E-state index in [9.17, 15) is 18.4 Å². The van der Waals surface area contributed by atoms with Gasteiger partial charge in [0, 0.05) is 5.75 Å². The van der Waals surface area contributed by atoms with Crippen LogP contribution in [0.5, 0.6) is 0 Å². The zero-order chi connectivity index (χ0) is 18.6. The fourth-order valence-electron chi connectivity index (χ4n) is 2.42. The van der Waals surface area contributed by atoms with Crippen molar-refractivity contribution in [2.24, 2.45) is 0 Å². The number of halogens is 3. The number of rotatable bonds is 5. The van der Waals surface area contributed by atoms with Gasteiger partial charge in [-0.3, -0.25) is 0 Å². The number of hydrogen-bond acceptors (Lipinski definition) is 4. The van der Waals surface area contributed by atoms with Crippen LogP contribution in [-0.4, -0.2) is 10.7 Å². The molecule has 0 amide bonds. The standard InChI is InChI=1S/C19H13F3N2S2/c20-19(21,22)15-11-16(17-7-4-9-25-17)24-18(14(15)12-23)26-10-8-13-5-2-1-3-6-13/h1-7,9,11H,8,10H2. The third kappa shape index (κ3) is 4.26. The van der Waals surface area contributed by atoms with Crippen molar-refractivity contribution in [3.63, 3.8) is 0 Å². The van der Waals surface area contributed by atoms with Crippen LogP contribution < -0.4 is 0 Å². The van der Waals surface area contributed by atoms with Gasteiger partial charge in [-0.1, -0.05) is 36.4 Å². The molecule has 2 nitrogen and oxygen atoms in total. The van der Waals surface area contributed by atoms with Crippen LogP contribution in [0.3, 0.4) is 0 Å². The van der Waals surface area contributed by atoms with E-state index in [0.717, 1.165) is 11.6 Å². The summed E-state index contributed by atoms with van der Waals surface area (Å²) in [5.41, 5.74) is -0.00558. The van der Waals surface area contributed by atoms with Crippen molar-refractivity contribution in [1.82, 2.24) is 4.98 Å². The Morgan fingerprint density at radius 1 is 1.12 bits per heavy atom. The van der Waals surface area contributed by atoms with Gasteiger partial charge in [-0.2, -0.15) is 18.4 Å². The average molecular weight is 390 g/mol. The van der Waals surface area contributed by atoms with Gasteiger partial charge >= 0.3 is 6.18 Å². The second kappa shape index (κ2) is 7.94. The number of thioether (sulfide) groups is 1. The van der Waals surface area contributed by atoms with Gasteiger partial charge in [0.25, 0.3) is 0 Å². The molecule has 0 N–H and O–H groups in total. The summed E-state index contributed by atoms with van der Waals surface area (Å²) in [6.07, 6.45) is -3.92. The molecule has 0 unspecified atom stereocenters. The van der Waals surface area contributed by atoms with Gasteiger partial charge in [0.15, 0.2) is 0 Å². The number of thiophene rings is 1. The third-order valence-corrected chi connectivity index (χ3v) is 5.52. The maximum atomic E-state index is 13.4. The van der Waals surface area contributed by atoms with Gasteiger partial charge in [-0.05, 0) is 29.5 Å². The summed E-state index contributed by atoms with van der Waals surface area (Å²) in [4.78, 5) is 4.99. The normalized spacial score (nSPS) is 11.3. The second-order valence-electron chi connectivity index (χ2n) is 5.41. The molecule has 0 bridgehead atoms. The highest BCUT2D eigenvalue weighted by molar-refractivity contribution is 7.99. The quantitative estimate of drug-likeness (QED) is 0.499. The largest absolute Gasteiger partial charge is 0.417 e. The Morgan fingerprint density at radius 2 is 1.88 bits per heavy atom. The topological polar surface area (TPSA) is 36.7 Å². The Labute approximate surface area is 157 Å². The van der Waals surface area contributed by atoms with E-state index in [1.54, 1.807) is 23.6 Å². The lowest BCUT2D eigenvalue weighted by Crippen LogP contribution is -2.10. The fourth-order valence-corrected chi connectivity index (χ4v) is 4.10. The van der Waals surface area contributed by atoms with Crippen molar-refractivity contribution in [2.45, 2.75) is 17.6 Å². The van der Waals surface area contributed by atoms with Crippen molar-refractivity contribution < 1.29 is 13.2 Å². The number of nitriles is 1. The lowest BCUT2D eigenvalue weighted by molar-refractivity contribution is -0.138. The molecule has 0 spiro atoms. The van der Waals surface area contributed by atoms with E-state index < -0.39 is 17.3 Å². The molecule has 1 aromatic carbocycles. The lowest BCUT2D eigenvalue weighted by Gasteiger charge is -2.13. The molecular formula is C19H13F3N2S2. The summed E-state index contributed by atoms with van der Waals surface area (Å²) in [7, 11) is 0. The number of hydrogen-bond donors (Lipinski definition) is 0. The molecule has 132 valence electrons. The van der Waals surface area contributed by atoms with Crippen molar-refractivity contribution in [3.05, 3.63) is 70.6 Å². The molecule has 0 aliphatic rings. The number of alkyl halides is 3. The Hall–Kier alpha value is -2.30. The summed E-state index contributed by atoms with van der Waals surface area (Å²) >= 11 is 2.50. The molecule has 2 aromatic heterocycles. The van der Waals surface area contributed by atoms with Crippen LogP contribution in [0.2, 0.25) is 0 Å². The van der Waals surface area contributed by atoms with Gasteiger partial charge in [0.1, 0.15) is 11.1 Å². The van der Waals surface area contributed by atoms with E-state index in [0.29, 0.717) is 17.1 Å². The molecule has 3 aromatic rings. The number of nitrogens with zero attached hydrogens (tertiary/aromatic N) is 2. The first-order chi connectivity index (χ1) is 12.5. The van der Waals surface area contributed by atoms with Crippen LogP contribution in [0.25, 0.3) is 10.6 Å². The number of aryl methyl sites for hydroxylation is 1. The molecule has 2 heterocycles. The number of pyridine rings is 1. The minimum Gasteiger partial charge on any atom is -0.239 e. The molecule has 0 aliphatic heterocycles. The zero-order valence-electron chi connectivity index (χ0n) is 13.5. The predicted octanol–water partition coefficient (Wildman–Crippen LogP) is 6.04. The van der Waals surface area contributed by atoms with Gasteiger partial charge in [-0.25, -0.2) is 4.98 Å². The van der Waals surface area contributed by atoms with Gasteiger partial charge < -0.3 is 0 Å². The minimum absolute atomic E-state index is 0.127.